The molecule has 0 unspecified atom stereocenters. The van der Waals surface area contributed by atoms with Crippen molar-refractivity contribution in [2.45, 2.75) is 6.42 Å². The van der Waals surface area contributed by atoms with E-state index in [-0.39, 0.29) is 12.3 Å². The number of benzene rings is 2. The second-order valence-electron chi connectivity index (χ2n) is 4.63. The smallest absolute Gasteiger partial charge is 0.323 e. The van der Waals surface area contributed by atoms with Gasteiger partial charge in [0.25, 0.3) is 0 Å². The summed E-state index contributed by atoms with van der Waals surface area (Å²) < 4.78 is 13.2. The van der Waals surface area contributed by atoms with Gasteiger partial charge in [0.05, 0.1) is 4.92 Å². The first-order valence-corrected chi connectivity index (χ1v) is 6.72. The highest BCUT2D eigenvalue weighted by molar-refractivity contribution is 6.00. The van der Waals surface area contributed by atoms with E-state index < -0.39 is 22.5 Å². The Morgan fingerprint density at radius 2 is 1.96 bits per heavy atom. The van der Waals surface area contributed by atoms with Crippen LogP contribution in [0, 0.1) is 15.9 Å². The standard InChI is InChI=1S/C15H14FN3O4/c16-12-6-5-11(9-14(12)19(22)23)17-15(21)18-13-4-2-1-3-10(13)7-8-20/h1-6,9,20H,7-8H2,(H2,17,18,21). The van der Waals surface area contributed by atoms with Crippen molar-refractivity contribution in [3.8, 4) is 0 Å². The Morgan fingerprint density at radius 3 is 2.65 bits per heavy atom. The number of carbonyl (C=O) groups is 1. The number of nitro groups is 1. The second kappa shape index (κ2) is 7.32. The molecule has 0 saturated heterocycles. The number of hydrogen-bond donors (Lipinski definition) is 3. The molecule has 0 radical (unpaired) electrons. The SMILES string of the molecule is O=C(Nc1ccc(F)c([N+](=O)[O-])c1)Nc1ccccc1CCO. The number of nitrogens with zero attached hydrogens (tertiary/aromatic N) is 1. The van der Waals surface area contributed by atoms with Crippen molar-refractivity contribution in [3.05, 3.63) is 64.0 Å². The maximum atomic E-state index is 13.2. The lowest BCUT2D eigenvalue weighted by molar-refractivity contribution is -0.387. The van der Waals surface area contributed by atoms with Gasteiger partial charge in [-0.2, -0.15) is 4.39 Å². The van der Waals surface area contributed by atoms with E-state index in [2.05, 4.69) is 10.6 Å². The maximum Gasteiger partial charge on any atom is 0.323 e. The van der Waals surface area contributed by atoms with E-state index in [1.807, 2.05) is 0 Å². The van der Waals surface area contributed by atoms with Crippen molar-refractivity contribution < 1.29 is 19.2 Å². The Balaban J connectivity index is 2.11. The Bertz CT molecular complexity index is 736. The van der Waals surface area contributed by atoms with Crippen molar-refractivity contribution in [1.29, 1.82) is 0 Å². The maximum absolute atomic E-state index is 13.2. The van der Waals surface area contributed by atoms with Gasteiger partial charge < -0.3 is 15.7 Å². The number of para-hydroxylation sites is 1. The summed E-state index contributed by atoms with van der Waals surface area (Å²) >= 11 is 0. The zero-order chi connectivity index (χ0) is 16.8. The van der Waals surface area contributed by atoms with Crippen LogP contribution >= 0.6 is 0 Å². The molecule has 0 aromatic heterocycles. The molecular formula is C15H14FN3O4. The Kier molecular flexibility index (Phi) is 5.21. The van der Waals surface area contributed by atoms with E-state index in [1.165, 1.54) is 6.07 Å². The summed E-state index contributed by atoms with van der Waals surface area (Å²) in [6.07, 6.45) is 0.373. The molecule has 7 nitrogen and oxygen atoms in total. The molecule has 0 bridgehead atoms. The van der Waals surface area contributed by atoms with Crippen LogP contribution in [-0.2, 0) is 6.42 Å². The first-order chi connectivity index (χ1) is 11.0. The summed E-state index contributed by atoms with van der Waals surface area (Å²) in [7, 11) is 0. The van der Waals surface area contributed by atoms with Gasteiger partial charge in [0.1, 0.15) is 0 Å². The topological polar surface area (TPSA) is 104 Å². The summed E-state index contributed by atoms with van der Waals surface area (Å²) in [4.78, 5) is 21.8. The highest BCUT2D eigenvalue weighted by Crippen LogP contribution is 2.22. The second-order valence-corrected chi connectivity index (χ2v) is 4.63. The number of nitro benzene ring substituents is 1. The van der Waals surface area contributed by atoms with Crippen LogP contribution < -0.4 is 10.6 Å². The predicted octanol–water partition coefficient (Wildman–Crippen LogP) is 2.91. The molecule has 0 heterocycles. The first-order valence-electron chi connectivity index (χ1n) is 6.72. The molecule has 2 amide bonds. The van der Waals surface area contributed by atoms with E-state index in [9.17, 15) is 19.3 Å². The number of aliphatic hydroxyl groups is 1. The van der Waals surface area contributed by atoms with Crippen LogP contribution in [0.5, 0.6) is 0 Å². The van der Waals surface area contributed by atoms with E-state index >= 15 is 0 Å². The highest BCUT2D eigenvalue weighted by Gasteiger charge is 2.15. The average molecular weight is 319 g/mol. The third-order valence-corrected chi connectivity index (χ3v) is 3.05. The van der Waals surface area contributed by atoms with Crippen LogP contribution in [0.15, 0.2) is 42.5 Å². The number of halogens is 1. The van der Waals surface area contributed by atoms with Gasteiger partial charge in [-0.25, -0.2) is 4.79 Å². The van der Waals surface area contributed by atoms with Gasteiger partial charge in [0, 0.05) is 24.0 Å². The number of rotatable bonds is 5. The normalized spacial score (nSPS) is 10.2. The van der Waals surface area contributed by atoms with Crippen molar-refractivity contribution in [2.75, 3.05) is 17.2 Å². The largest absolute Gasteiger partial charge is 0.396 e. The van der Waals surface area contributed by atoms with Crippen LogP contribution in [0.2, 0.25) is 0 Å². The first kappa shape index (κ1) is 16.4. The lowest BCUT2D eigenvalue weighted by Crippen LogP contribution is -2.20. The zero-order valence-corrected chi connectivity index (χ0v) is 12.0. The lowest BCUT2D eigenvalue weighted by Gasteiger charge is -2.11. The summed E-state index contributed by atoms with van der Waals surface area (Å²) in [5.41, 5.74) is 0.629. The van der Waals surface area contributed by atoms with Crippen LogP contribution in [0.25, 0.3) is 0 Å². The van der Waals surface area contributed by atoms with Crippen molar-refractivity contribution in [1.82, 2.24) is 0 Å². The molecule has 0 aliphatic heterocycles. The molecule has 8 heteroatoms. The molecule has 120 valence electrons. The Hall–Kier alpha value is -3.00. The molecule has 2 rings (SSSR count). The molecule has 0 saturated carbocycles. The van der Waals surface area contributed by atoms with Crippen LogP contribution in [-0.4, -0.2) is 22.7 Å². The van der Waals surface area contributed by atoms with Gasteiger partial charge in [-0.05, 0) is 30.2 Å². The fraction of sp³-hybridized carbons (Fsp3) is 0.133. The minimum Gasteiger partial charge on any atom is -0.396 e. The summed E-state index contributed by atoms with van der Waals surface area (Å²) in [6.45, 7) is -0.0650. The van der Waals surface area contributed by atoms with Crippen LogP contribution in [0.3, 0.4) is 0 Å². The van der Waals surface area contributed by atoms with Crippen molar-refractivity contribution in [3.63, 3.8) is 0 Å². The van der Waals surface area contributed by atoms with Crippen molar-refractivity contribution >= 4 is 23.1 Å². The molecule has 0 aliphatic rings. The van der Waals surface area contributed by atoms with E-state index in [0.717, 1.165) is 17.7 Å². The number of amides is 2. The van der Waals surface area contributed by atoms with Gasteiger partial charge in [-0.15, -0.1) is 0 Å². The third-order valence-electron chi connectivity index (χ3n) is 3.05. The molecule has 0 spiro atoms. The Morgan fingerprint density at radius 1 is 1.22 bits per heavy atom. The molecule has 0 fully saturated rings. The van der Waals surface area contributed by atoms with E-state index in [0.29, 0.717) is 12.1 Å². The quantitative estimate of drug-likeness (QED) is 0.582. The highest BCUT2D eigenvalue weighted by atomic mass is 19.1. The summed E-state index contributed by atoms with van der Waals surface area (Å²) in [5.74, 6) is -0.978. The van der Waals surface area contributed by atoms with Gasteiger partial charge >= 0.3 is 11.7 Å². The molecule has 3 N–H and O–H groups in total. The van der Waals surface area contributed by atoms with Crippen molar-refractivity contribution in [2.24, 2.45) is 0 Å². The summed E-state index contributed by atoms with van der Waals surface area (Å²) in [6, 6.07) is 9.36. The van der Waals surface area contributed by atoms with Gasteiger partial charge in [-0.3, -0.25) is 10.1 Å². The molecular weight excluding hydrogens is 305 g/mol. The number of anilines is 2. The number of nitrogens with one attached hydrogen (secondary N) is 2. The van der Waals surface area contributed by atoms with Gasteiger partial charge in [-0.1, -0.05) is 18.2 Å². The van der Waals surface area contributed by atoms with E-state index in [4.69, 9.17) is 5.11 Å². The number of urea groups is 1. The zero-order valence-electron chi connectivity index (χ0n) is 12.0. The van der Waals surface area contributed by atoms with E-state index in [1.54, 1.807) is 24.3 Å². The van der Waals surface area contributed by atoms with Gasteiger partial charge in [0.15, 0.2) is 0 Å². The Labute approximate surface area is 130 Å². The fourth-order valence-electron chi connectivity index (χ4n) is 2.00. The predicted molar refractivity (Wildman–Crippen MR) is 82.9 cm³/mol. The summed E-state index contributed by atoms with van der Waals surface area (Å²) in [5, 5.41) is 24.7. The average Bonchev–Trinajstić information content (AvgIpc) is 2.51. The molecule has 2 aromatic rings. The lowest BCUT2D eigenvalue weighted by atomic mass is 10.1. The minimum atomic E-state index is -0.978. The molecule has 23 heavy (non-hydrogen) atoms. The number of aliphatic hydroxyl groups excluding tert-OH is 1. The number of hydrogen-bond acceptors (Lipinski definition) is 4. The fourth-order valence-corrected chi connectivity index (χ4v) is 2.00. The molecule has 0 aliphatic carbocycles. The third kappa shape index (κ3) is 4.24. The molecule has 0 atom stereocenters. The minimum absolute atomic E-state index is 0.0650. The molecule has 2 aromatic carbocycles. The number of carbonyl (C=O) groups excluding carboxylic acids is 1. The van der Waals surface area contributed by atoms with Crippen LogP contribution in [0.1, 0.15) is 5.56 Å². The van der Waals surface area contributed by atoms with Crippen LogP contribution in [0.4, 0.5) is 26.2 Å². The monoisotopic (exact) mass is 319 g/mol. The van der Waals surface area contributed by atoms with Gasteiger partial charge in [0.2, 0.25) is 5.82 Å².